The van der Waals surface area contributed by atoms with Crippen molar-refractivity contribution in [3.8, 4) is 5.75 Å². The van der Waals surface area contributed by atoms with Crippen LogP contribution in [0.2, 0.25) is 5.02 Å². The second kappa shape index (κ2) is 8.35. The van der Waals surface area contributed by atoms with Crippen molar-refractivity contribution in [2.75, 3.05) is 17.7 Å². The molecule has 6 nitrogen and oxygen atoms in total. The number of anilines is 2. The molecule has 2 aromatic carbocycles. The molecular weight excluding hydrogens is 376 g/mol. The highest BCUT2D eigenvalue weighted by molar-refractivity contribution is 6.31. The Morgan fingerprint density at radius 3 is 2.50 bits per heavy atom. The number of halogens is 1. The predicted molar refractivity (Wildman–Crippen MR) is 113 cm³/mol. The number of aromatic nitrogens is 2. The van der Waals surface area contributed by atoms with E-state index in [2.05, 4.69) is 46.9 Å². The molecule has 3 rings (SSSR count). The number of benzene rings is 2. The van der Waals surface area contributed by atoms with Crippen LogP contribution in [0.5, 0.6) is 5.75 Å². The van der Waals surface area contributed by atoms with Gasteiger partial charge in [0.2, 0.25) is 0 Å². The maximum absolute atomic E-state index is 12.5. The zero-order valence-electron chi connectivity index (χ0n) is 16.3. The number of nitrogens with zero attached hydrogens (tertiary/aromatic N) is 2. The largest absolute Gasteiger partial charge is 0.495 e. The first-order valence-corrected chi connectivity index (χ1v) is 9.26. The molecule has 0 aliphatic rings. The third kappa shape index (κ3) is 4.46. The number of carbonyl (C=O) groups is 1. The normalized spacial score (nSPS) is 10.6. The van der Waals surface area contributed by atoms with E-state index in [-0.39, 0.29) is 6.03 Å². The van der Waals surface area contributed by atoms with Crippen LogP contribution < -0.4 is 15.4 Å². The molecule has 0 unspecified atom stereocenters. The van der Waals surface area contributed by atoms with Gasteiger partial charge in [-0.15, -0.1) is 0 Å². The van der Waals surface area contributed by atoms with Gasteiger partial charge in [-0.05, 0) is 44.5 Å². The van der Waals surface area contributed by atoms with E-state index in [0.29, 0.717) is 28.7 Å². The third-order valence-electron chi connectivity index (χ3n) is 4.48. The van der Waals surface area contributed by atoms with E-state index in [1.807, 2.05) is 18.5 Å². The Balaban J connectivity index is 1.75. The second-order valence-electron chi connectivity index (χ2n) is 6.61. The van der Waals surface area contributed by atoms with Crippen molar-refractivity contribution in [1.29, 1.82) is 0 Å². The number of carbonyl (C=O) groups excluding carboxylic acids is 1. The van der Waals surface area contributed by atoms with Crippen molar-refractivity contribution in [3.05, 3.63) is 70.0 Å². The Bertz CT molecular complexity index is 996. The maximum Gasteiger partial charge on any atom is 0.323 e. The molecule has 0 atom stereocenters. The Morgan fingerprint density at radius 1 is 1.11 bits per heavy atom. The molecule has 146 valence electrons. The molecule has 7 heteroatoms. The lowest BCUT2D eigenvalue weighted by Crippen LogP contribution is -2.20. The molecule has 0 aliphatic heterocycles. The summed E-state index contributed by atoms with van der Waals surface area (Å²) in [6.07, 6.45) is 0. The lowest BCUT2D eigenvalue weighted by Gasteiger charge is -2.12. The number of nitrogens with one attached hydrogen (secondary N) is 2. The zero-order valence-corrected chi connectivity index (χ0v) is 17.1. The van der Waals surface area contributed by atoms with E-state index in [9.17, 15) is 4.79 Å². The lowest BCUT2D eigenvalue weighted by molar-refractivity contribution is 0.262. The van der Waals surface area contributed by atoms with E-state index in [1.54, 1.807) is 18.2 Å². The number of hydrogen-bond donors (Lipinski definition) is 2. The summed E-state index contributed by atoms with van der Waals surface area (Å²) in [7, 11) is 1.54. The summed E-state index contributed by atoms with van der Waals surface area (Å²) in [4.78, 5) is 12.5. The van der Waals surface area contributed by atoms with E-state index < -0.39 is 0 Å². The van der Waals surface area contributed by atoms with E-state index in [0.717, 1.165) is 17.0 Å². The Hall–Kier alpha value is -2.99. The van der Waals surface area contributed by atoms with Gasteiger partial charge < -0.3 is 15.4 Å². The molecule has 0 radical (unpaired) electrons. The molecule has 28 heavy (non-hydrogen) atoms. The first-order chi connectivity index (χ1) is 13.4. The number of rotatable bonds is 5. The molecule has 3 aromatic rings. The smallest absolute Gasteiger partial charge is 0.323 e. The van der Waals surface area contributed by atoms with Crippen LogP contribution in [0.1, 0.15) is 22.5 Å². The number of urea groups is 1. The van der Waals surface area contributed by atoms with Gasteiger partial charge in [0.25, 0.3) is 0 Å². The van der Waals surface area contributed by atoms with Gasteiger partial charge in [0.1, 0.15) is 5.75 Å². The summed E-state index contributed by atoms with van der Waals surface area (Å²) in [5.74, 6) is 0.531. The quantitative estimate of drug-likeness (QED) is 0.623. The van der Waals surface area contributed by atoms with Gasteiger partial charge in [-0.3, -0.25) is 4.68 Å². The molecule has 1 aromatic heterocycles. The summed E-state index contributed by atoms with van der Waals surface area (Å²) in [6, 6.07) is 13.0. The monoisotopic (exact) mass is 398 g/mol. The first kappa shape index (κ1) is 19.8. The molecule has 0 saturated carbocycles. The van der Waals surface area contributed by atoms with Crippen LogP contribution in [-0.2, 0) is 6.54 Å². The molecule has 1 heterocycles. The van der Waals surface area contributed by atoms with Gasteiger partial charge in [0, 0.05) is 5.02 Å². The molecular formula is C21H23ClN4O2. The van der Waals surface area contributed by atoms with E-state index >= 15 is 0 Å². The van der Waals surface area contributed by atoms with Gasteiger partial charge in [-0.2, -0.15) is 5.10 Å². The molecule has 0 aliphatic carbocycles. The van der Waals surface area contributed by atoms with Gasteiger partial charge in [-0.1, -0.05) is 41.4 Å². The van der Waals surface area contributed by atoms with E-state index in [4.69, 9.17) is 16.3 Å². The third-order valence-corrected chi connectivity index (χ3v) is 4.72. The Kier molecular flexibility index (Phi) is 5.90. The highest BCUT2D eigenvalue weighted by Crippen LogP contribution is 2.28. The van der Waals surface area contributed by atoms with Crippen LogP contribution in [0.25, 0.3) is 0 Å². The minimum absolute atomic E-state index is 0.387. The SMILES string of the molecule is COc1ccc(Cl)cc1NC(=O)Nc1c(C)nn(Cc2ccc(C)cc2)c1C. The highest BCUT2D eigenvalue weighted by atomic mass is 35.5. The average molecular weight is 399 g/mol. The summed E-state index contributed by atoms with van der Waals surface area (Å²) in [5, 5.41) is 10.7. The summed E-state index contributed by atoms with van der Waals surface area (Å²) in [6.45, 7) is 6.50. The highest BCUT2D eigenvalue weighted by Gasteiger charge is 2.16. The van der Waals surface area contributed by atoms with Gasteiger partial charge >= 0.3 is 6.03 Å². The Labute approximate surface area is 169 Å². The maximum atomic E-state index is 12.5. The Morgan fingerprint density at radius 2 is 1.82 bits per heavy atom. The van der Waals surface area contributed by atoms with Crippen molar-refractivity contribution < 1.29 is 9.53 Å². The van der Waals surface area contributed by atoms with Gasteiger partial charge in [0.05, 0.1) is 36.4 Å². The molecule has 0 saturated heterocycles. The first-order valence-electron chi connectivity index (χ1n) is 8.88. The fourth-order valence-corrected chi connectivity index (χ4v) is 3.12. The number of aryl methyl sites for hydroxylation is 2. The van der Waals surface area contributed by atoms with Crippen LogP contribution in [0.15, 0.2) is 42.5 Å². The molecule has 2 N–H and O–H groups in total. The molecule has 0 bridgehead atoms. The van der Waals surface area contributed by atoms with Crippen LogP contribution in [0.4, 0.5) is 16.2 Å². The fraction of sp³-hybridized carbons (Fsp3) is 0.238. The summed E-state index contributed by atoms with van der Waals surface area (Å²) >= 11 is 6.02. The predicted octanol–water partition coefficient (Wildman–Crippen LogP) is 5.16. The summed E-state index contributed by atoms with van der Waals surface area (Å²) < 4.78 is 7.14. The molecule has 2 amide bonds. The van der Waals surface area contributed by atoms with Crippen LogP contribution in [0.3, 0.4) is 0 Å². The fourth-order valence-electron chi connectivity index (χ4n) is 2.94. The van der Waals surface area contributed by atoms with Crippen molar-refractivity contribution in [1.82, 2.24) is 9.78 Å². The second-order valence-corrected chi connectivity index (χ2v) is 7.05. The van der Waals surface area contributed by atoms with Gasteiger partial charge in [-0.25, -0.2) is 4.79 Å². The molecule has 0 fully saturated rings. The topological polar surface area (TPSA) is 68.2 Å². The molecule has 0 spiro atoms. The van der Waals surface area contributed by atoms with Crippen molar-refractivity contribution in [2.24, 2.45) is 0 Å². The van der Waals surface area contributed by atoms with Crippen LogP contribution in [0, 0.1) is 20.8 Å². The number of hydrogen-bond acceptors (Lipinski definition) is 3. The van der Waals surface area contributed by atoms with E-state index in [1.165, 1.54) is 12.7 Å². The zero-order chi connectivity index (χ0) is 20.3. The average Bonchev–Trinajstić information content (AvgIpc) is 2.91. The van der Waals surface area contributed by atoms with Gasteiger partial charge in [0.15, 0.2) is 0 Å². The number of methoxy groups -OCH3 is 1. The van der Waals surface area contributed by atoms with Crippen molar-refractivity contribution in [2.45, 2.75) is 27.3 Å². The van der Waals surface area contributed by atoms with Crippen molar-refractivity contribution in [3.63, 3.8) is 0 Å². The summed E-state index contributed by atoms with van der Waals surface area (Å²) in [5.41, 5.74) is 5.17. The number of amides is 2. The number of ether oxygens (including phenoxy) is 1. The minimum atomic E-state index is -0.387. The van der Waals surface area contributed by atoms with Crippen LogP contribution in [-0.4, -0.2) is 22.9 Å². The lowest BCUT2D eigenvalue weighted by atomic mass is 10.1. The van der Waals surface area contributed by atoms with Crippen LogP contribution >= 0.6 is 11.6 Å². The van der Waals surface area contributed by atoms with Crippen molar-refractivity contribution >= 4 is 29.0 Å². The standard InChI is InChI=1S/C21H23ClN4O2/c1-13-5-7-16(8-6-13)12-26-15(3)20(14(2)25-26)24-21(27)23-18-11-17(22)9-10-19(18)28-4/h5-11H,12H2,1-4H3,(H2,23,24,27). The minimum Gasteiger partial charge on any atom is -0.495 e.